The summed E-state index contributed by atoms with van der Waals surface area (Å²) in [5.74, 6) is -0.304. The molecule has 17 heteroatoms. The summed E-state index contributed by atoms with van der Waals surface area (Å²) in [7, 11) is 3.91. The number of carbonyl (C=O) groups excluding carboxylic acids is 3. The van der Waals surface area contributed by atoms with Crippen molar-refractivity contribution in [3.8, 4) is 0 Å². The molecule has 2 aliphatic rings. The van der Waals surface area contributed by atoms with Crippen LogP contribution in [-0.2, 0) is 30.3 Å². The second kappa shape index (κ2) is 14.1. The van der Waals surface area contributed by atoms with Crippen molar-refractivity contribution < 1.29 is 28.6 Å². The molecule has 0 bridgehead atoms. The number of nitrogens with two attached hydrogens (primary N) is 1. The van der Waals surface area contributed by atoms with Crippen LogP contribution in [0, 0.1) is 0 Å². The zero-order valence-electron chi connectivity index (χ0n) is 19.6. The predicted molar refractivity (Wildman–Crippen MR) is 133 cm³/mol. The van der Waals surface area contributed by atoms with Gasteiger partial charge in [-0.05, 0) is 37.0 Å². The van der Waals surface area contributed by atoms with Crippen molar-refractivity contribution in [2.45, 2.75) is 43.3 Å². The van der Waals surface area contributed by atoms with E-state index in [1.165, 1.54) is 35.3 Å². The maximum atomic E-state index is 13.0. The van der Waals surface area contributed by atoms with Gasteiger partial charge in [0.25, 0.3) is 0 Å². The van der Waals surface area contributed by atoms with Crippen molar-refractivity contribution in [3.63, 3.8) is 0 Å². The Bertz CT molecular complexity index is 935. The zero-order valence-corrected chi connectivity index (χ0v) is 22.9. The summed E-state index contributed by atoms with van der Waals surface area (Å²) < 4.78 is 16.5. The largest absolute Gasteiger partial charge is 0.511 e. The van der Waals surface area contributed by atoms with Crippen LogP contribution in [0.1, 0.15) is 13.8 Å². The van der Waals surface area contributed by atoms with Gasteiger partial charge in [-0.3, -0.25) is 9.69 Å². The van der Waals surface area contributed by atoms with E-state index in [9.17, 15) is 14.4 Å². The molecular formula is C18H29Cl2N7O6S2. The van der Waals surface area contributed by atoms with E-state index < -0.39 is 24.5 Å². The number of likely N-dealkylation sites (N-methyl/N-ethyl adjacent to an activating group) is 1. The monoisotopic (exact) mass is 573 g/mol. The molecule has 1 fully saturated rings. The second-order valence-electron chi connectivity index (χ2n) is 7.44. The molecular weight excluding hydrogens is 545 g/mol. The predicted octanol–water partition coefficient (Wildman–Crippen LogP) is 0.729. The summed E-state index contributed by atoms with van der Waals surface area (Å²) in [5, 5.41) is 12.0. The summed E-state index contributed by atoms with van der Waals surface area (Å²) in [6.45, 7) is 4.51. The van der Waals surface area contributed by atoms with Crippen LogP contribution >= 0.6 is 48.3 Å². The summed E-state index contributed by atoms with van der Waals surface area (Å²) in [4.78, 5) is 40.3. The number of thioether (sulfide) groups is 2. The highest BCUT2D eigenvalue weighted by atomic mass is 35.5. The first-order valence-corrected chi connectivity index (χ1v) is 12.3. The molecule has 0 saturated carbocycles. The molecule has 0 aromatic carbocycles. The van der Waals surface area contributed by atoms with Gasteiger partial charge < -0.3 is 24.8 Å². The van der Waals surface area contributed by atoms with Gasteiger partial charge in [-0.2, -0.15) is 0 Å². The fourth-order valence-electron chi connectivity index (χ4n) is 3.08. The smallest absolute Gasteiger partial charge is 0.435 e. The third kappa shape index (κ3) is 7.60. The second-order valence-corrected chi connectivity index (χ2v) is 9.49. The van der Waals surface area contributed by atoms with Gasteiger partial charge in [0.1, 0.15) is 17.1 Å². The minimum atomic E-state index is -1.20. The number of rotatable bonds is 10. The molecule has 3 rings (SSSR count). The standard InChI is InChI=1S/C18H27N7O6S2.2ClH/c1-5-29-18(28)31-10(2)30-16(27)13-11(8-32-15-12(19)14(26)25(13)15)9-33-17-20-21-22-24(17)7-6-23(3)4;;/h10,12,15H,5-9,19H2,1-4H3;2*1H/t10?,12?,15-;;/m0../s1. The highest BCUT2D eigenvalue weighted by molar-refractivity contribution is 8.01. The molecule has 2 unspecified atom stereocenters. The lowest BCUT2D eigenvalue weighted by atomic mass is 10.0. The van der Waals surface area contributed by atoms with Gasteiger partial charge in [-0.25, -0.2) is 14.3 Å². The maximum Gasteiger partial charge on any atom is 0.511 e. The normalized spacial score (nSPS) is 19.7. The van der Waals surface area contributed by atoms with E-state index in [0.717, 1.165) is 6.54 Å². The Balaban J connectivity index is 0.00000306. The minimum absolute atomic E-state index is 0. The summed E-state index contributed by atoms with van der Waals surface area (Å²) in [5.41, 5.74) is 6.70. The molecule has 2 N–H and O–H groups in total. The topological polar surface area (TPSA) is 155 Å². The Morgan fingerprint density at radius 1 is 1.31 bits per heavy atom. The third-order valence-electron chi connectivity index (χ3n) is 4.71. The maximum absolute atomic E-state index is 13.0. The number of β-lactam (4-membered cyclic amide) rings is 1. The number of aromatic nitrogens is 4. The van der Waals surface area contributed by atoms with E-state index >= 15 is 0 Å². The number of halogens is 2. The van der Waals surface area contributed by atoms with Crippen LogP contribution in [0.15, 0.2) is 16.4 Å². The van der Waals surface area contributed by atoms with Crippen molar-refractivity contribution in [1.82, 2.24) is 30.0 Å². The van der Waals surface area contributed by atoms with E-state index in [1.54, 1.807) is 11.6 Å². The number of amides is 1. The number of hydrogen-bond donors (Lipinski definition) is 1. The van der Waals surface area contributed by atoms with E-state index in [2.05, 4.69) is 15.5 Å². The zero-order chi connectivity index (χ0) is 24.1. The summed E-state index contributed by atoms with van der Waals surface area (Å²) in [6.07, 6.45) is -2.15. The van der Waals surface area contributed by atoms with E-state index in [4.69, 9.17) is 19.9 Å². The van der Waals surface area contributed by atoms with Crippen molar-refractivity contribution in [2.24, 2.45) is 5.73 Å². The van der Waals surface area contributed by atoms with Gasteiger partial charge in [0.05, 0.1) is 13.2 Å². The number of hydrogen-bond acceptors (Lipinski definition) is 13. The average molecular weight is 575 g/mol. The molecule has 3 atom stereocenters. The lowest BCUT2D eigenvalue weighted by Gasteiger charge is -2.48. The first-order valence-electron chi connectivity index (χ1n) is 10.2. The highest BCUT2D eigenvalue weighted by Crippen LogP contribution is 2.41. The first kappa shape index (κ1) is 31.3. The molecule has 13 nitrogen and oxygen atoms in total. The molecule has 1 aromatic rings. The van der Waals surface area contributed by atoms with Gasteiger partial charge in [0, 0.05) is 25.0 Å². The Morgan fingerprint density at radius 2 is 2.03 bits per heavy atom. The van der Waals surface area contributed by atoms with Crippen LogP contribution in [-0.4, -0.2) is 104 Å². The Hall–Kier alpha value is -1.78. The lowest BCUT2D eigenvalue weighted by molar-refractivity contribution is -0.168. The molecule has 0 aliphatic carbocycles. The van der Waals surface area contributed by atoms with Gasteiger partial charge in [-0.1, -0.05) is 11.8 Å². The molecule has 2 aliphatic heterocycles. The molecule has 1 saturated heterocycles. The Kier molecular flexibility index (Phi) is 12.6. The van der Waals surface area contributed by atoms with Crippen molar-refractivity contribution in [2.75, 3.05) is 38.8 Å². The van der Waals surface area contributed by atoms with Crippen LogP contribution in [0.3, 0.4) is 0 Å². The van der Waals surface area contributed by atoms with Crippen LogP contribution in [0.5, 0.6) is 0 Å². The van der Waals surface area contributed by atoms with Crippen molar-refractivity contribution in [1.29, 1.82) is 0 Å². The van der Waals surface area contributed by atoms with Gasteiger partial charge >= 0.3 is 12.1 Å². The number of ether oxygens (including phenoxy) is 3. The van der Waals surface area contributed by atoms with Crippen LogP contribution in [0.4, 0.5) is 4.79 Å². The quantitative estimate of drug-likeness (QED) is 0.181. The van der Waals surface area contributed by atoms with Gasteiger partial charge in [0.2, 0.25) is 17.4 Å². The van der Waals surface area contributed by atoms with E-state index in [1.807, 2.05) is 19.0 Å². The molecule has 3 heterocycles. The van der Waals surface area contributed by atoms with Crippen LogP contribution in [0.25, 0.3) is 0 Å². The highest BCUT2D eigenvalue weighted by Gasteiger charge is 2.52. The molecule has 0 radical (unpaired) electrons. The molecule has 198 valence electrons. The number of esters is 1. The first-order chi connectivity index (χ1) is 15.7. The van der Waals surface area contributed by atoms with Gasteiger partial charge in [0.15, 0.2) is 0 Å². The third-order valence-corrected chi connectivity index (χ3v) is 7.12. The fourth-order valence-corrected chi connectivity index (χ4v) is 5.42. The Labute approximate surface area is 223 Å². The molecule has 35 heavy (non-hydrogen) atoms. The van der Waals surface area contributed by atoms with Crippen molar-refractivity contribution in [3.05, 3.63) is 11.3 Å². The van der Waals surface area contributed by atoms with Crippen LogP contribution < -0.4 is 5.73 Å². The van der Waals surface area contributed by atoms with Gasteiger partial charge in [-0.15, -0.1) is 41.7 Å². The molecule has 1 amide bonds. The van der Waals surface area contributed by atoms with Crippen molar-refractivity contribution >= 4 is 66.4 Å². The number of carbonyl (C=O) groups is 3. The molecule has 1 aromatic heterocycles. The van der Waals surface area contributed by atoms with Crippen LogP contribution in [0.2, 0.25) is 0 Å². The summed E-state index contributed by atoms with van der Waals surface area (Å²) in [6, 6.07) is -0.682. The fraction of sp³-hybridized carbons (Fsp3) is 0.667. The van der Waals surface area contributed by atoms with E-state index in [0.29, 0.717) is 28.8 Å². The number of fused-ring (bicyclic) bond motifs is 1. The Morgan fingerprint density at radius 3 is 2.69 bits per heavy atom. The SMILES string of the molecule is CCOC(=O)OC(C)OC(=O)C1=C(CSc2nnnn2CCN(C)C)CS[C@H]2C(N)C(=O)N12.Cl.Cl. The number of tetrazole rings is 1. The lowest BCUT2D eigenvalue weighted by Crippen LogP contribution is -2.68. The summed E-state index contributed by atoms with van der Waals surface area (Å²) >= 11 is 2.83. The average Bonchev–Trinajstić information content (AvgIpc) is 3.22. The number of nitrogens with zero attached hydrogens (tertiary/aromatic N) is 6. The minimum Gasteiger partial charge on any atom is -0.435 e. The molecule has 0 spiro atoms. The van der Waals surface area contributed by atoms with E-state index in [-0.39, 0.29) is 48.4 Å².